The van der Waals surface area contributed by atoms with Crippen LogP contribution < -0.4 is 10.6 Å². The number of amides is 2. The van der Waals surface area contributed by atoms with E-state index < -0.39 is 0 Å². The zero-order chi connectivity index (χ0) is 16.2. The smallest absolute Gasteiger partial charge is 0.319 e. The SMILES string of the molecule is Cc1csc(-c2ccc(NC(=O)NCc3cnn(C)c3)cc2)n1. The molecular formula is C16H17N5OS. The quantitative estimate of drug-likeness (QED) is 0.773. The molecule has 118 valence electrons. The van der Waals surface area contributed by atoms with Gasteiger partial charge in [0, 0.05) is 47.7 Å². The van der Waals surface area contributed by atoms with Crippen LogP contribution in [0.2, 0.25) is 0 Å². The summed E-state index contributed by atoms with van der Waals surface area (Å²) in [5, 5.41) is 12.7. The molecule has 0 unspecified atom stereocenters. The molecule has 0 aliphatic heterocycles. The third-order valence-corrected chi connectivity index (χ3v) is 4.23. The van der Waals surface area contributed by atoms with E-state index in [1.807, 2.05) is 49.8 Å². The number of thiazole rings is 1. The molecule has 2 heterocycles. The molecule has 2 amide bonds. The fourth-order valence-corrected chi connectivity index (χ4v) is 2.91. The lowest BCUT2D eigenvalue weighted by molar-refractivity contribution is 0.251. The van der Waals surface area contributed by atoms with Crippen molar-refractivity contribution in [1.29, 1.82) is 0 Å². The first-order chi connectivity index (χ1) is 11.1. The summed E-state index contributed by atoms with van der Waals surface area (Å²) in [5.74, 6) is 0. The average Bonchev–Trinajstić information content (AvgIpc) is 3.15. The van der Waals surface area contributed by atoms with Crippen molar-refractivity contribution in [3.05, 3.63) is 53.3 Å². The van der Waals surface area contributed by atoms with E-state index in [1.54, 1.807) is 22.2 Å². The highest BCUT2D eigenvalue weighted by Gasteiger charge is 2.05. The van der Waals surface area contributed by atoms with E-state index in [0.29, 0.717) is 6.54 Å². The molecule has 2 aromatic heterocycles. The number of anilines is 1. The van der Waals surface area contributed by atoms with Crippen LogP contribution in [-0.2, 0) is 13.6 Å². The molecule has 0 saturated carbocycles. The molecule has 0 saturated heterocycles. The van der Waals surface area contributed by atoms with Crippen LogP contribution in [-0.4, -0.2) is 20.8 Å². The first-order valence-electron chi connectivity index (χ1n) is 7.15. The van der Waals surface area contributed by atoms with E-state index in [2.05, 4.69) is 20.7 Å². The molecule has 2 N–H and O–H groups in total. The van der Waals surface area contributed by atoms with Crippen LogP contribution in [0.25, 0.3) is 10.6 Å². The Morgan fingerprint density at radius 3 is 2.70 bits per heavy atom. The van der Waals surface area contributed by atoms with Gasteiger partial charge >= 0.3 is 6.03 Å². The number of hydrogen-bond acceptors (Lipinski definition) is 4. The summed E-state index contributed by atoms with van der Waals surface area (Å²) < 4.78 is 1.70. The summed E-state index contributed by atoms with van der Waals surface area (Å²) in [6.07, 6.45) is 3.59. The number of nitrogens with zero attached hydrogens (tertiary/aromatic N) is 3. The van der Waals surface area contributed by atoms with Gasteiger partial charge in [0.05, 0.1) is 6.20 Å². The maximum atomic E-state index is 11.9. The summed E-state index contributed by atoms with van der Waals surface area (Å²) in [4.78, 5) is 16.3. The minimum absolute atomic E-state index is 0.244. The Labute approximate surface area is 138 Å². The summed E-state index contributed by atoms with van der Waals surface area (Å²) >= 11 is 1.61. The molecule has 6 nitrogen and oxygen atoms in total. The van der Waals surface area contributed by atoms with Gasteiger partial charge in [-0.25, -0.2) is 9.78 Å². The van der Waals surface area contributed by atoms with E-state index in [-0.39, 0.29) is 6.03 Å². The number of benzene rings is 1. The van der Waals surface area contributed by atoms with Crippen LogP contribution in [0, 0.1) is 6.92 Å². The van der Waals surface area contributed by atoms with Gasteiger partial charge in [0.15, 0.2) is 0 Å². The van der Waals surface area contributed by atoms with Gasteiger partial charge in [0.1, 0.15) is 5.01 Å². The predicted molar refractivity (Wildman–Crippen MR) is 91.4 cm³/mol. The third kappa shape index (κ3) is 3.95. The number of carbonyl (C=O) groups excluding carboxylic acids is 1. The molecule has 7 heteroatoms. The molecule has 3 rings (SSSR count). The Kier molecular flexibility index (Phi) is 4.38. The number of urea groups is 1. The van der Waals surface area contributed by atoms with E-state index >= 15 is 0 Å². The fourth-order valence-electron chi connectivity index (χ4n) is 2.10. The number of aromatic nitrogens is 3. The Balaban J connectivity index is 1.56. The van der Waals surface area contributed by atoms with Crippen molar-refractivity contribution in [3.63, 3.8) is 0 Å². The molecule has 3 aromatic rings. The van der Waals surface area contributed by atoms with Crippen LogP contribution in [0.4, 0.5) is 10.5 Å². The highest BCUT2D eigenvalue weighted by atomic mass is 32.1. The molecule has 0 bridgehead atoms. The van der Waals surface area contributed by atoms with Crippen LogP contribution in [0.15, 0.2) is 42.0 Å². The minimum Gasteiger partial charge on any atom is -0.334 e. The normalized spacial score (nSPS) is 10.5. The highest BCUT2D eigenvalue weighted by molar-refractivity contribution is 7.13. The van der Waals surface area contributed by atoms with Gasteiger partial charge in [-0.2, -0.15) is 5.10 Å². The molecular weight excluding hydrogens is 310 g/mol. The van der Waals surface area contributed by atoms with Crippen molar-refractivity contribution >= 4 is 23.1 Å². The summed E-state index contributed by atoms with van der Waals surface area (Å²) in [6, 6.07) is 7.40. The summed E-state index contributed by atoms with van der Waals surface area (Å²) in [6.45, 7) is 2.42. The lowest BCUT2D eigenvalue weighted by Gasteiger charge is -2.07. The molecule has 0 radical (unpaired) electrons. The van der Waals surface area contributed by atoms with E-state index in [0.717, 1.165) is 27.5 Å². The lowest BCUT2D eigenvalue weighted by atomic mass is 10.2. The van der Waals surface area contributed by atoms with Crippen molar-refractivity contribution in [3.8, 4) is 10.6 Å². The third-order valence-electron chi connectivity index (χ3n) is 3.22. The molecule has 0 aliphatic carbocycles. The second-order valence-corrected chi connectivity index (χ2v) is 6.06. The first kappa shape index (κ1) is 15.2. The number of rotatable bonds is 4. The molecule has 0 fully saturated rings. The Bertz CT molecular complexity index is 806. The standard InChI is InChI=1S/C16H17N5OS/c1-11-10-23-15(19-11)13-3-5-14(6-4-13)20-16(22)17-7-12-8-18-21(2)9-12/h3-6,8-10H,7H2,1-2H3,(H2,17,20,22). The van der Waals surface area contributed by atoms with Crippen LogP contribution in [0.3, 0.4) is 0 Å². The van der Waals surface area contributed by atoms with Gasteiger partial charge in [0.2, 0.25) is 0 Å². The van der Waals surface area contributed by atoms with Gasteiger partial charge in [-0.3, -0.25) is 4.68 Å². The molecule has 23 heavy (non-hydrogen) atoms. The first-order valence-corrected chi connectivity index (χ1v) is 8.03. The number of aryl methyl sites for hydroxylation is 2. The molecule has 0 atom stereocenters. The molecule has 0 spiro atoms. The van der Waals surface area contributed by atoms with Gasteiger partial charge < -0.3 is 10.6 Å². The molecule has 1 aromatic carbocycles. The van der Waals surface area contributed by atoms with Gasteiger partial charge in [-0.15, -0.1) is 11.3 Å². The number of nitrogens with one attached hydrogen (secondary N) is 2. The average molecular weight is 327 g/mol. The van der Waals surface area contributed by atoms with Crippen molar-refractivity contribution in [2.45, 2.75) is 13.5 Å². The highest BCUT2D eigenvalue weighted by Crippen LogP contribution is 2.24. The van der Waals surface area contributed by atoms with Crippen molar-refractivity contribution < 1.29 is 4.79 Å². The minimum atomic E-state index is -0.244. The van der Waals surface area contributed by atoms with Crippen LogP contribution in [0.1, 0.15) is 11.3 Å². The number of carbonyl (C=O) groups is 1. The molecule has 0 aliphatic rings. The zero-order valence-electron chi connectivity index (χ0n) is 12.9. The monoisotopic (exact) mass is 327 g/mol. The summed E-state index contributed by atoms with van der Waals surface area (Å²) in [5.41, 5.74) is 3.76. The fraction of sp³-hybridized carbons (Fsp3) is 0.188. The predicted octanol–water partition coefficient (Wildman–Crippen LogP) is 3.17. The zero-order valence-corrected chi connectivity index (χ0v) is 13.7. The van der Waals surface area contributed by atoms with E-state index in [9.17, 15) is 4.79 Å². The van der Waals surface area contributed by atoms with Gasteiger partial charge in [-0.1, -0.05) is 0 Å². The van der Waals surface area contributed by atoms with Crippen molar-refractivity contribution in [1.82, 2.24) is 20.1 Å². The number of hydrogen-bond donors (Lipinski definition) is 2. The maximum absolute atomic E-state index is 11.9. The van der Waals surface area contributed by atoms with Gasteiger partial charge in [-0.05, 0) is 31.2 Å². The second-order valence-electron chi connectivity index (χ2n) is 5.20. The summed E-state index contributed by atoms with van der Waals surface area (Å²) in [7, 11) is 1.84. The van der Waals surface area contributed by atoms with Gasteiger partial charge in [0.25, 0.3) is 0 Å². The Morgan fingerprint density at radius 2 is 2.09 bits per heavy atom. The van der Waals surface area contributed by atoms with E-state index in [1.165, 1.54) is 0 Å². The largest absolute Gasteiger partial charge is 0.334 e. The lowest BCUT2D eigenvalue weighted by Crippen LogP contribution is -2.27. The van der Waals surface area contributed by atoms with Crippen molar-refractivity contribution in [2.75, 3.05) is 5.32 Å². The maximum Gasteiger partial charge on any atom is 0.319 e. The Morgan fingerprint density at radius 1 is 1.30 bits per heavy atom. The van der Waals surface area contributed by atoms with Crippen molar-refractivity contribution in [2.24, 2.45) is 7.05 Å². The Hall–Kier alpha value is -2.67. The topological polar surface area (TPSA) is 71.8 Å². The van der Waals surface area contributed by atoms with Crippen LogP contribution >= 0.6 is 11.3 Å². The van der Waals surface area contributed by atoms with Crippen LogP contribution in [0.5, 0.6) is 0 Å². The van der Waals surface area contributed by atoms with E-state index in [4.69, 9.17) is 0 Å². The second kappa shape index (κ2) is 6.62.